The Balaban J connectivity index is 1.88. The Morgan fingerprint density at radius 2 is 1.78 bits per heavy atom. The molecule has 2 aliphatic rings. The highest BCUT2D eigenvalue weighted by Gasteiger charge is 2.54. The van der Waals surface area contributed by atoms with Gasteiger partial charge in [0.05, 0.1) is 10.5 Å². The van der Waals surface area contributed by atoms with Crippen molar-refractivity contribution in [3.8, 4) is 6.07 Å². The summed E-state index contributed by atoms with van der Waals surface area (Å²) in [6.45, 7) is 4.25. The molecule has 0 radical (unpaired) electrons. The van der Waals surface area contributed by atoms with Crippen LogP contribution in [0.15, 0.2) is 46.9 Å². The van der Waals surface area contributed by atoms with Crippen LogP contribution in [0.4, 0.5) is 0 Å². The minimum atomic E-state index is -3.52. The molecule has 1 aromatic carbocycles. The SMILES string of the molecule is CC1(C)CC2(C=C(C#N)C1=O)CN(S(=O)(=O)c1ccccc1)C2. The van der Waals surface area contributed by atoms with Crippen molar-refractivity contribution in [1.29, 1.82) is 5.26 Å². The van der Waals surface area contributed by atoms with Crippen molar-refractivity contribution in [1.82, 2.24) is 4.31 Å². The van der Waals surface area contributed by atoms with Gasteiger partial charge in [-0.05, 0) is 18.6 Å². The molecule has 0 amide bonds. The van der Waals surface area contributed by atoms with Crippen LogP contribution in [0.3, 0.4) is 0 Å². The summed E-state index contributed by atoms with van der Waals surface area (Å²) in [5.41, 5.74) is -0.898. The standard InChI is InChI=1S/C17H18N2O3S/c1-16(2)10-17(8-13(9-18)15(16)20)11-19(12-17)23(21,22)14-6-4-3-5-7-14/h3-8H,10-12H2,1-2H3. The Labute approximate surface area is 136 Å². The minimum Gasteiger partial charge on any atom is -0.293 e. The Morgan fingerprint density at radius 3 is 2.35 bits per heavy atom. The predicted octanol–water partition coefficient (Wildman–Crippen LogP) is 2.13. The van der Waals surface area contributed by atoms with E-state index in [4.69, 9.17) is 0 Å². The van der Waals surface area contributed by atoms with Crippen molar-refractivity contribution in [2.24, 2.45) is 10.8 Å². The third-order valence-electron chi connectivity index (χ3n) is 4.59. The number of hydrogen-bond donors (Lipinski definition) is 0. The van der Waals surface area contributed by atoms with Gasteiger partial charge in [-0.25, -0.2) is 8.42 Å². The summed E-state index contributed by atoms with van der Waals surface area (Å²) in [6, 6.07) is 10.3. The largest absolute Gasteiger partial charge is 0.293 e. The number of benzene rings is 1. The highest BCUT2D eigenvalue weighted by molar-refractivity contribution is 7.89. The molecular weight excluding hydrogens is 312 g/mol. The highest BCUT2D eigenvalue weighted by Crippen LogP contribution is 2.49. The van der Waals surface area contributed by atoms with Crippen molar-refractivity contribution >= 4 is 15.8 Å². The molecule has 1 aliphatic heterocycles. The Hall–Kier alpha value is -1.97. The third-order valence-corrected chi connectivity index (χ3v) is 6.39. The summed E-state index contributed by atoms with van der Waals surface area (Å²) in [7, 11) is -3.52. The lowest BCUT2D eigenvalue weighted by molar-refractivity contribution is -0.126. The van der Waals surface area contributed by atoms with E-state index in [9.17, 15) is 18.5 Å². The first-order valence-corrected chi connectivity index (χ1v) is 8.87. The van der Waals surface area contributed by atoms with Crippen LogP contribution >= 0.6 is 0 Å². The molecule has 0 aromatic heterocycles. The maximum absolute atomic E-state index is 12.6. The zero-order chi connectivity index (χ0) is 16.9. The first kappa shape index (κ1) is 15.9. The summed E-state index contributed by atoms with van der Waals surface area (Å²) >= 11 is 0. The van der Waals surface area contributed by atoms with Gasteiger partial charge in [-0.2, -0.15) is 9.57 Å². The number of nitrogens with zero attached hydrogens (tertiary/aromatic N) is 2. The number of ketones is 1. The molecule has 1 saturated heterocycles. The number of Topliss-reactive ketones (excluding diaryl/α,β-unsaturated/α-hetero) is 1. The van der Waals surface area contributed by atoms with E-state index in [-0.39, 0.29) is 16.3 Å². The average Bonchev–Trinajstić information content (AvgIpc) is 2.48. The van der Waals surface area contributed by atoms with Crippen molar-refractivity contribution in [3.05, 3.63) is 42.0 Å². The van der Waals surface area contributed by atoms with Crippen LogP contribution in [0.5, 0.6) is 0 Å². The number of allylic oxidation sites excluding steroid dienone is 1. The van der Waals surface area contributed by atoms with Gasteiger partial charge >= 0.3 is 0 Å². The predicted molar refractivity (Wildman–Crippen MR) is 84.7 cm³/mol. The number of rotatable bonds is 2. The van der Waals surface area contributed by atoms with Crippen molar-refractivity contribution in [2.75, 3.05) is 13.1 Å². The Morgan fingerprint density at radius 1 is 1.17 bits per heavy atom. The highest BCUT2D eigenvalue weighted by atomic mass is 32.2. The molecule has 5 nitrogen and oxygen atoms in total. The molecule has 1 aromatic rings. The molecule has 120 valence electrons. The number of sulfonamides is 1. The number of nitriles is 1. The normalized spacial score (nSPS) is 23.0. The van der Waals surface area contributed by atoms with Crippen LogP contribution in [-0.4, -0.2) is 31.6 Å². The van der Waals surface area contributed by atoms with E-state index in [1.807, 2.05) is 19.9 Å². The molecule has 0 atom stereocenters. The maximum Gasteiger partial charge on any atom is 0.243 e. The fourth-order valence-corrected chi connectivity index (χ4v) is 5.25. The number of hydrogen-bond acceptors (Lipinski definition) is 4. The van der Waals surface area contributed by atoms with Crippen LogP contribution in [0.1, 0.15) is 20.3 Å². The quantitative estimate of drug-likeness (QED) is 0.832. The van der Waals surface area contributed by atoms with Crippen molar-refractivity contribution in [3.63, 3.8) is 0 Å². The first-order chi connectivity index (χ1) is 10.7. The van der Waals surface area contributed by atoms with Gasteiger partial charge in [-0.3, -0.25) is 4.79 Å². The second-order valence-electron chi connectivity index (χ2n) is 7.01. The van der Waals surface area contributed by atoms with Gasteiger partial charge < -0.3 is 0 Å². The van der Waals surface area contributed by atoms with E-state index >= 15 is 0 Å². The zero-order valence-corrected chi connectivity index (χ0v) is 13.9. The van der Waals surface area contributed by atoms with E-state index in [1.165, 1.54) is 4.31 Å². The lowest BCUT2D eigenvalue weighted by atomic mass is 9.62. The van der Waals surface area contributed by atoms with Crippen molar-refractivity contribution < 1.29 is 13.2 Å². The zero-order valence-electron chi connectivity index (χ0n) is 13.1. The fourth-order valence-electron chi connectivity index (χ4n) is 3.60. The molecule has 3 rings (SSSR count). The summed E-state index contributed by atoms with van der Waals surface area (Å²) in [6.07, 6.45) is 2.24. The van der Waals surface area contributed by atoms with Crippen LogP contribution in [0.25, 0.3) is 0 Å². The Kier molecular flexibility index (Phi) is 3.47. The fraction of sp³-hybridized carbons (Fsp3) is 0.412. The van der Waals surface area contributed by atoms with Crippen LogP contribution in [0.2, 0.25) is 0 Å². The summed E-state index contributed by atoms with van der Waals surface area (Å²) in [5, 5.41) is 9.18. The molecule has 0 unspecified atom stereocenters. The molecular formula is C17H18N2O3S. The molecule has 23 heavy (non-hydrogen) atoms. The molecule has 1 fully saturated rings. The second kappa shape index (κ2) is 5.02. The van der Waals surface area contributed by atoms with Crippen LogP contribution in [0, 0.1) is 22.2 Å². The summed E-state index contributed by atoms with van der Waals surface area (Å²) in [5.74, 6) is -0.157. The van der Waals surface area contributed by atoms with E-state index in [1.54, 1.807) is 36.4 Å². The van der Waals surface area contributed by atoms with E-state index < -0.39 is 20.9 Å². The maximum atomic E-state index is 12.6. The monoisotopic (exact) mass is 330 g/mol. The van der Waals surface area contributed by atoms with Crippen LogP contribution in [-0.2, 0) is 14.8 Å². The molecule has 0 N–H and O–H groups in total. The molecule has 0 saturated carbocycles. The van der Waals surface area contributed by atoms with Gasteiger partial charge in [0.1, 0.15) is 6.07 Å². The minimum absolute atomic E-state index is 0.151. The van der Waals surface area contributed by atoms with Crippen LogP contribution < -0.4 is 0 Å². The molecule has 1 heterocycles. The van der Waals surface area contributed by atoms with Gasteiger partial charge in [0.25, 0.3) is 0 Å². The van der Waals surface area contributed by atoms with E-state index in [2.05, 4.69) is 0 Å². The first-order valence-electron chi connectivity index (χ1n) is 7.43. The smallest absolute Gasteiger partial charge is 0.243 e. The average molecular weight is 330 g/mol. The van der Waals surface area contributed by atoms with Gasteiger partial charge in [0.2, 0.25) is 10.0 Å². The summed E-state index contributed by atoms with van der Waals surface area (Å²) in [4.78, 5) is 12.5. The molecule has 6 heteroatoms. The lowest BCUT2D eigenvalue weighted by Crippen LogP contribution is -2.60. The van der Waals surface area contributed by atoms with Gasteiger partial charge in [0, 0.05) is 23.9 Å². The van der Waals surface area contributed by atoms with E-state index in [0.29, 0.717) is 19.5 Å². The van der Waals surface area contributed by atoms with Gasteiger partial charge in [-0.1, -0.05) is 38.1 Å². The Bertz CT molecular complexity index is 826. The number of carbonyl (C=O) groups is 1. The molecule has 1 aliphatic carbocycles. The van der Waals surface area contributed by atoms with Gasteiger partial charge in [-0.15, -0.1) is 0 Å². The number of carbonyl (C=O) groups excluding carboxylic acids is 1. The molecule has 0 bridgehead atoms. The van der Waals surface area contributed by atoms with E-state index in [0.717, 1.165) is 0 Å². The van der Waals surface area contributed by atoms with Gasteiger partial charge in [0.15, 0.2) is 5.78 Å². The van der Waals surface area contributed by atoms with Crippen molar-refractivity contribution in [2.45, 2.75) is 25.2 Å². The third kappa shape index (κ3) is 2.50. The second-order valence-corrected chi connectivity index (χ2v) is 8.95. The summed E-state index contributed by atoms with van der Waals surface area (Å²) < 4.78 is 26.6. The molecule has 1 spiro atoms. The topological polar surface area (TPSA) is 78.2 Å². The lowest BCUT2D eigenvalue weighted by Gasteiger charge is -2.52.